The number of nitrogens with two attached hydrogens (primary N) is 1. The molecule has 0 heterocycles. The topological polar surface area (TPSA) is 71.1 Å². The van der Waals surface area contributed by atoms with E-state index in [4.69, 9.17) is 15.7 Å². The SMILES string of the molecule is COCC(C)N(C)c1ccc(C)cc1/C(N)=N/O. The lowest BCUT2D eigenvalue weighted by molar-refractivity contribution is 0.183. The number of likely N-dealkylation sites (N-methyl/N-ethyl adjacent to an activating group) is 1. The van der Waals surface area contributed by atoms with E-state index in [0.29, 0.717) is 6.61 Å². The molecular formula is C13H21N3O2. The van der Waals surface area contributed by atoms with Crippen molar-refractivity contribution in [3.63, 3.8) is 0 Å². The molecule has 1 rings (SSSR count). The van der Waals surface area contributed by atoms with Gasteiger partial charge in [-0.3, -0.25) is 0 Å². The van der Waals surface area contributed by atoms with Crippen LogP contribution in [0.5, 0.6) is 0 Å². The first-order valence-electron chi connectivity index (χ1n) is 5.81. The summed E-state index contributed by atoms with van der Waals surface area (Å²) in [5.74, 6) is 0.116. The van der Waals surface area contributed by atoms with Crippen molar-refractivity contribution in [2.24, 2.45) is 10.9 Å². The molecule has 0 saturated heterocycles. The smallest absolute Gasteiger partial charge is 0.172 e. The fraction of sp³-hybridized carbons (Fsp3) is 0.462. The van der Waals surface area contributed by atoms with Crippen LogP contribution < -0.4 is 10.6 Å². The Kier molecular flexibility index (Phi) is 4.97. The third kappa shape index (κ3) is 3.13. The summed E-state index contributed by atoms with van der Waals surface area (Å²) in [7, 11) is 3.63. The highest BCUT2D eigenvalue weighted by atomic mass is 16.5. The molecule has 0 amide bonds. The number of rotatable bonds is 5. The van der Waals surface area contributed by atoms with Gasteiger partial charge in [0.05, 0.1) is 6.61 Å². The molecular weight excluding hydrogens is 230 g/mol. The molecule has 0 aliphatic carbocycles. The molecule has 0 spiro atoms. The number of amidine groups is 1. The predicted molar refractivity (Wildman–Crippen MR) is 73.4 cm³/mol. The van der Waals surface area contributed by atoms with E-state index in [1.54, 1.807) is 7.11 Å². The molecule has 1 unspecified atom stereocenters. The van der Waals surface area contributed by atoms with Crippen molar-refractivity contribution >= 4 is 11.5 Å². The van der Waals surface area contributed by atoms with Gasteiger partial charge in [-0.2, -0.15) is 0 Å². The van der Waals surface area contributed by atoms with Crippen LogP contribution in [0, 0.1) is 6.92 Å². The number of oxime groups is 1. The average molecular weight is 251 g/mol. The summed E-state index contributed by atoms with van der Waals surface area (Å²) < 4.78 is 5.14. The van der Waals surface area contributed by atoms with E-state index < -0.39 is 0 Å². The van der Waals surface area contributed by atoms with Crippen molar-refractivity contribution in [1.29, 1.82) is 0 Å². The lowest BCUT2D eigenvalue weighted by atomic mass is 10.1. The van der Waals surface area contributed by atoms with Gasteiger partial charge in [0.1, 0.15) is 0 Å². The fourth-order valence-electron chi connectivity index (χ4n) is 1.81. The first kappa shape index (κ1) is 14.3. The third-order valence-electron chi connectivity index (χ3n) is 2.98. The number of hydrogen-bond donors (Lipinski definition) is 2. The van der Waals surface area contributed by atoms with Crippen molar-refractivity contribution in [3.8, 4) is 0 Å². The molecule has 1 aromatic rings. The summed E-state index contributed by atoms with van der Waals surface area (Å²) in [5, 5.41) is 11.9. The zero-order valence-electron chi connectivity index (χ0n) is 11.3. The van der Waals surface area contributed by atoms with E-state index in [0.717, 1.165) is 16.8 Å². The Balaban J connectivity index is 3.15. The Morgan fingerprint density at radius 2 is 2.22 bits per heavy atom. The standard InChI is InChI=1S/C13H21N3O2/c1-9-5-6-12(11(7-9)13(14)15-17)16(3)10(2)8-18-4/h5-7,10,17H,8H2,1-4H3,(H2,14,15). The average Bonchev–Trinajstić information content (AvgIpc) is 2.37. The van der Waals surface area contributed by atoms with Crippen LogP contribution in [0.15, 0.2) is 23.4 Å². The number of benzene rings is 1. The Labute approximate surface area is 108 Å². The highest BCUT2D eigenvalue weighted by Crippen LogP contribution is 2.22. The number of nitrogens with zero attached hydrogens (tertiary/aromatic N) is 2. The van der Waals surface area contributed by atoms with Crippen LogP contribution in [-0.2, 0) is 4.74 Å². The van der Waals surface area contributed by atoms with E-state index in [1.807, 2.05) is 32.2 Å². The van der Waals surface area contributed by atoms with Crippen LogP contribution in [0.3, 0.4) is 0 Å². The molecule has 1 atom stereocenters. The second kappa shape index (κ2) is 6.26. The van der Waals surface area contributed by atoms with Crippen molar-refractivity contribution in [3.05, 3.63) is 29.3 Å². The molecule has 5 nitrogen and oxygen atoms in total. The lowest BCUT2D eigenvalue weighted by Gasteiger charge is -2.28. The second-order valence-corrected chi connectivity index (χ2v) is 4.42. The largest absolute Gasteiger partial charge is 0.409 e. The number of aryl methyl sites for hydroxylation is 1. The summed E-state index contributed by atoms with van der Waals surface area (Å²) in [6.07, 6.45) is 0. The van der Waals surface area contributed by atoms with E-state index in [9.17, 15) is 0 Å². The maximum atomic E-state index is 8.85. The zero-order chi connectivity index (χ0) is 13.7. The molecule has 5 heteroatoms. The van der Waals surface area contributed by atoms with Gasteiger partial charge in [-0.25, -0.2) is 0 Å². The summed E-state index contributed by atoms with van der Waals surface area (Å²) >= 11 is 0. The van der Waals surface area contributed by atoms with Gasteiger partial charge in [-0.1, -0.05) is 16.8 Å². The van der Waals surface area contributed by atoms with Crippen LogP contribution in [-0.4, -0.2) is 37.8 Å². The Bertz CT molecular complexity index is 432. The minimum atomic E-state index is 0.116. The fourth-order valence-corrected chi connectivity index (χ4v) is 1.81. The second-order valence-electron chi connectivity index (χ2n) is 4.42. The molecule has 0 aliphatic heterocycles. The summed E-state index contributed by atoms with van der Waals surface area (Å²) in [4.78, 5) is 2.05. The first-order chi connectivity index (χ1) is 8.51. The first-order valence-corrected chi connectivity index (χ1v) is 5.81. The molecule has 0 radical (unpaired) electrons. The molecule has 100 valence electrons. The highest BCUT2D eigenvalue weighted by molar-refractivity contribution is 6.02. The van der Waals surface area contributed by atoms with Gasteiger partial charge in [0.15, 0.2) is 5.84 Å². The number of ether oxygens (including phenoxy) is 1. The molecule has 0 aliphatic rings. The van der Waals surface area contributed by atoms with E-state index >= 15 is 0 Å². The van der Waals surface area contributed by atoms with Crippen LogP contribution in [0.25, 0.3) is 0 Å². The molecule has 0 bridgehead atoms. The van der Waals surface area contributed by atoms with Gasteiger partial charge in [0.25, 0.3) is 0 Å². The highest BCUT2D eigenvalue weighted by Gasteiger charge is 2.15. The number of methoxy groups -OCH3 is 1. The van der Waals surface area contributed by atoms with Gasteiger partial charge in [-0.05, 0) is 26.0 Å². The van der Waals surface area contributed by atoms with E-state index in [-0.39, 0.29) is 11.9 Å². The van der Waals surface area contributed by atoms with Crippen LogP contribution in [0.2, 0.25) is 0 Å². The van der Waals surface area contributed by atoms with Crippen molar-refractivity contribution in [2.45, 2.75) is 19.9 Å². The van der Waals surface area contributed by atoms with Gasteiger partial charge < -0.3 is 20.6 Å². The van der Waals surface area contributed by atoms with E-state index in [2.05, 4.69) is 17.0 Å². The summed E-state index contributed by atoms with van der Waals surface area (Å²) in [5.41, 5.74) is 8.42. The van der Waals surface area contributed by atoms with E-state index in [1.165, 1.54) is 0 Å². The third-order valence-corrected chi connectivity index (χ3v) is 2.98. The summed E-state index contributed by atoms with van der Waals surface area (Å²) in [6.45, 7) is 4.63. The molecule has 0 aromatic heterocycles. The van der Waals surface area contributed by atoms with Crippen LogP contribution >= 0.6 is 0 Å². The molecule has 0 fully saturated rings. The van der Waals surface area contributed by atoms with Gasteiger partial charge >= 0.3 is 0 Å². The van der Waals surface area contributed by atoms with Crippen LogP contribution in [0.4, 0.5) is 5.69 Å². The van der Waals surface area contributed by atoms with Gasteiger partial charge in [0, 0.05) is 31.5 Å². The maximum absolute atomic E-state index is 8.85. The Hall–Kier alpha value is -1.75. The minimum Gasteiger partial charge on any atom is -0.409 e. The molecule has 3 N–H and O–H groups in total. The van der Waals surface area contributed by atoms with Gasteiger partial charge in [0.2, 0.25) is 0 Å². The molecule has 0 saturated carbocycles. The van der Waals surface area contributed by atoms with Crippen molar-refractivity contribution in [1.82, 2.24) is 0 Å². The van der Waals surface area contributed by atoms with Crippen LogP contribution in [0.1, 0.15) is 18.1 Å². The van der Waals surface area contributed by atoms with Crippen molar-refractivity contribution in [2.75, 3.05) is 25.7 Å². The lowest BCUT2D eigenvalue weighted by Crippen LogP contribution is -2.34. The predicted octanol–water partition coefficient (Wildman–Crippen LogP) is 1.56. The van der Waals surface area contributed by atoms with Crippen molar-refractivity contribution < 1.29 is 9.94 Å². The normalized spacial score (nSPS) is 13.4. The molecule has 1 aromatic carbocycles. The molecule has 18 heavy (non-hydrogen) atoms. The Morgan fingerprint density at radius 3 is 2.78 bits per heavy atom. The summed E-state index contributed by atoms with van der Waals surface area (Å²) in [6, 6.07) is 6.07. The Morgan fingerprint density at radius 1 is 1.56 bits per heavy atom. The number of hydrogen-bond acceptors (Lipinski definition) is 4. The quantitative estimate of drug-likeness (QED) is 0.360. The monoisotopic (exact) mass is 251 g/mol. The minimum absolute atomic E-state index is 0.116. The zero-order valence-corrected chi connectivity index (χ0v) is 11.3. The maximum Gasteiger partial charge on any atom is 0.172 e. The van der Waals surface area contributed by atoms with Gasteiger partial charge in [-0.15, -0.1) is 0 Å². The number of anilines is 1.